The van der Waals surface area contributed by atoms with E-state index in [1.165, 1.54) is 0 Å². The average molecular weight is 304 g/mol. The third-order valence-corrected chi connectivity index (χ3v) is 2.84. The van der Waals surface area contributed by atoms with Gasteiger partial charge in [0, 0.05) is 5.56 Å². The quantitative estimate of drug-likeness (QED) is 0.480. The highest BCUT2D eigenvalue weighted by molar-refractivity contribution is 8.46. The molecule has 0 heterocycles. The van der Waals surface area contributed by atoms with Gasteiger partial charge in [0.25, 0.3) is 10.2 Å². The Morgan fingerprint density at radius 3 is 1.79 bits per heavy atom. The topological polar surface area (TPSA) is 43.4 Å². The van der Waals surface area contributed by atoms with Crippen LogP contribution in [0, 0.1) is 0 Å². The first-order valence-corrected chi connectivity index (χ1v) is 6.88. The summed E-state index contributed by atoms with van der Waals surface area (Å²) in [7, 11) is -8.69. The van der Waals surface area contributed by atoms with E-state index >= 15 is 0 Å². The summed E-state index contributed by atoms with van der Waals surface area (Å²) in [6, 6.07) is 3.76. The minimum atomic E-state index is -9.78. The number of carbonyl (C=O) groups excluding carboxylic acids is 2. The number of rotatable bonds is 4. The lowest BCUT2D eigenvalue weighted by molar-refractivity contribution is 0.0600. The highest BCUT2D eigenvalue weighted by Crippen LogP contribution is 2.97. The zero-order chi connectivity index (χ0) is 15.0. The molecule has 108 valence electrons. The first kappa shape index (κ1) is 15.4. The lowest BCUT2D eigenvalue weighted by Crippen LogP contribution is -2.19. The van der Waals surface area contributed by atoms with Crippen molar-refractivity contribution in [2.24, 2.45) is 0 Å². The molecule has 0 aromatic heterocycles. The lowest BCUT2D eigenvalue weighted by Gasteiger charge is -2.39. The van der Waals surface area contributed by atoms with E-state index in [0.717, 1.165) is 31.4 Å². The Kier molecular flexibility index (Phi) is 3.18. The number of Topliss-reactive ketones (excluding diaryl/α,β-unsaturated/α-hetero) is 1. The van der Waals surface area contributed by atoms with Gasteiger partial charge in [-0.1, -0.05) is 31.6 Å². The second kappa shape index (κ2) is 3.92. The third kappa shape index (κ3) is 5.25. The predicted octanol–water partition coefficient (Wildman–Crippen LogP) is 3.95. The fourth-order valence-electron chi connectivity index (χ4n) is 1.24. The predicted molar refractivity (Wildman–Crippen MR) is 60.1 cm³/mol. The van der Waals surface area contributed by atoms with Crippen LogP contribution in [0.15, 0.2) is 24.3 Å². The van der Waals surface area contributed by atoms with Crippen molar-refractivity contribution < 1.29 is 33.8 Å². The molecule has 0 unspecified atom stereocenters. The van der Waals surface area contributed by atoms with Crippen molar-refractivity contribution in [2.75, 3.05) is 12.9 Å². The normalized spacial score (nSPS) is 15.3. The van der Waals surface area contributed by atoms with Crippen LogP contribution in [-0.4, -0.2) is 24.6 Å². The Morgan fingerprint density at radius 2 is 1.42 bits per heavy atom. The minimum Gasteiger partial charge on any atom is -0.465 e. The van der Waals surface area contributed by atoms with Gasteiger partial charge in [0.15, 0.2) is 11.5 Å². The van der Waals surface area contributed by atoms with Crippen LogP contribution in [0.4, 0.5) is 19.4 Å². The zero-order valence-corrected chi connectivity index (χ0v) is 10.4. The van der Waals surface area contributed by atoms with E-state index in [2.05, 4.69) is 4.74 Å². The Morgan fingerprint density at radius 1 is 1.00 bits per heavy atom. The van der Waals surface area contributed by atoms with E-state index in [1.807, 2.05) is 0 Å². The van der Waals surface area contributed by atoms with E-state index in [4.69, 9.17) is 0 Å². The fourth-order valence-corrected chi connectivity index (χ4v) is 1.90. The first-order chi connectivity index (χ1) is 8.31. The maximum Gasteiger partial charge on any atom is 0.337 e. The molecule has 0 saturated heterocycles. The number of methoxy groups -OCH3 is 1. The Hall–Kier alpha value is -1.64. The van der Waals surface area contributed by atoms with Crippen LogP contribution in [0.2, 0.25) is 0 Å². The van der Waals surface area contributed by atoms with Crippen LogP contribution >= 0.6 is 10.2 Å². The number of ether oxygens (including phenoxy) is 1. The molecular weight excluding hydrogens is 295 g/mol. The number of hydrogen-bond acceptors (Lipinski definition) is 3. The van der Waals surface area contributed by atoms with Crippen molar-refractivity contribution in [3.63, 3.8) is 0 Å². The van der Waals surface area contributed by atoms with Gasteiger partial charge in [0.2, 0.25) is 0 Å². The molecule has 0 aliphatic heterocycles. The van der Waals surface area contributed by atoms with Crippen molar-refractivity contribution in [1.29, 1.82) is 0 Å². The standard InChI is InChI=1S/C10H9F5O3S/c1-18-10(17)8-4-2-7(3-5-8)9(16)6-19(11,12,13,14)15/h2-5H,6H2,1H3. The van der Waals surface area contributed by atoms with Crippen LogP contribution in [-0.2, 0) is 4.74 Å². The molecule has 0 amide bonds. The van der Waals surface area contributed by atoms with E-state index in [1.54, 1.807) is 0 Å². The van der Waals surface area contributed by atoms with Crippen molar-refractivity contribution >= 4 is 22.0 Å². The molecule has 0 N–H and O–H groups in total. The van der Waals surface area contributed by atoms with Crippen molar-refractivity contribution in [2.45, 2.75) is 0 Å². The van der Waals surface area contributed by atoms with E-state index in [-0.39, 0.29) is 5.56 Å². The SMILES string of the molecule is COC(=O)c1ccc(C(=O)CS(F)(F)(F)(F)F)cc1. The number of ketones is 1. The van der Waals surface area contributed by atoms with Crippen LogP contribution in [0.3, 0.4) is 0 Å². The average Bonchev–Trinajstić information content (AvgIpc) is 2.24. The number of hydrogen-bond donors (Lipinski definition) is 0. The van der Waals surface area contributed by atoms with Gasteiger partial charge < -0.3 is 4.74 Å². The summed E-state index contributed by atoms with van der Waals surface area (Å²) < 4.78 is 64.9. The molecule has 0 aliphatic carbocycles. The molecule has 19 heavy (non-hydrogen) atoms. The fraction of sp³-hybridized carbons (Fsp3) is 0.200. The summed E-state index contributed by atoms with van der Waals surface area (Å²) >= 11 is 0. The summed E-state index contributed by atoms with van der Waals surface area (Å²) in [5.41, 5.74) is -0.563. The van der Waals surface area contributed by atoms with E-state index in [0.29, 0.717) is 0 Å². The summed E-state index contributed by atoms with van der Waals surface area (Å²) in [6.45, 7) is 0. The Balaban J connectivity index is 2.95. The molecule has 3 nitrogen and oxygen atoms in total. The Bertz CT molecular complexity index is 520. The van der Waals surface area contributed by atoms with Gasteiger partial charge in [-0.25, -0.2) is 4.79 Å². The van der Waals surface area contributed by atoms with Crippen molar-refractivity contribution in [3.8, 4) is 0 Å². The third-order valence-electron chi connectivity index (χ3n) is 2.03. The monoisotopic (exact) mass is 304 g/mol. The highest BCUT2D eigenvalue weighted by atomic mass is 32.5. The molecule has 1 aromatic rings. The molecule has 9 heteroatoms. The number of esters is 1. The van der Waals surface area contributed by atoms with Crippen LogP contribution < -0.4 is 0 Å². The van der Waals surface area contributed by atoms with Crippen LogP contribution in [0.1, 0.15) is 20.7 Å². The van der Waals surface area contributed by atoms with Crippen molar-refractivity contribution in [1.82, 2.24) is 0 Å². The van der Waals surface area contributed by atoms with Gasteiger partial charge in [0.1, 0.15) is 0 Å². The molecule has 0 aliphatic rings. The molecule has 1 aromatic carbocycles. The van der Waals surface area contributed by atoms with Gasteiger partial charge in [0.05, 0.1) is 12.7 Å². The van der Waals surface area contributed by atoms with E-state index in [9.17, 15) is 29.0 Å². The highest BCUT2D eigenvalue weighted by Gasteiger charge is 2.64. The zero-order valence-electron chi connectivity index (χ0n) is 9.54. The molecule has 1 rings (SSSR count). The first-order valence-electron chi connectivity index (χ1n) is 4.76. The molecule has 0 saturated carbocycles. The smallest absolute Gasteiger partial charge is 0.337 e. The van der Waals surface area contributed by atoms with Crippen molar-refractivity contribution in [3.05, 3.63) is 35.4 Å². The van der Waals surface area contributed by atoms with Crippen LogP contribution in [0.5, 0.6) is 0 Å². The van der Waals surface area contributed by atoms with Gasteiger partial charge in [-0.3, -0.25) is 4.79 Å². The number of halogens is 5. The summed E-state index contributed by atoms with van der Waals surface area (Å²) in [4.78, 5) is 22.2. The Labute approximate surface area is 105 Å². The minimum absolute atomic E-state index is 0.00797. The van der Waals surface area contributed by atoms with Gasteiger partial charge in [-0.05, 0) is 12.1 Å². The molecule has 0 bridgehead atoms. The lowest BCUT2D eigenvalue weighted by atomic mass is 10.1. The maximum absolute atomic E-state index is 12.1. The molecular formula is C10H9F5O3S. The molecule has 0 fully saturated rings. The molecule has 0 atom stereocenters. The summed E-state index contributed by atoms with van der Waals surface area (Å²) in [5.74, 6) is -5.31. The number of carbonyl (C=O) groups is 2. The summed E-state index contributed by atoms with van der Waals surface area (Å²) in [5, 5.41) is 0. The van der Waals surface area contributed by atoms with Gasteiger partial charge in [-0.15, -0.1) is 0 Å². The van der Waals surface area contributed by atoms with Crippen LogP contribution in [0.25, 0.3) is 0 Å². The largest absolute Gasteiger partial charge is 0.465 e. The maximum atomic E-state index is 12.1. The van der Waals surface area contributed by atoms with E-state index < -0.39 is 33.3 Å². The second-order valence-corrected chi connectivity index (χ2v) is 6.31. The second-order valence-electron chi connectivity index (χ2n) is 3.77. The molecule has 0 spiro atoms. The van der Waals surface area contributed by atoms with Gasteiger partial charge in [-0.2, -0.15) is 0 Å². The van der Waals surface area contributed by atoms with Gasteiger partial charge >= 0.3 is 5.97 Å². The summed E-state index contributed by atoms with van der Waals surface area (Å²) in [6.07, 6.45) is 0. The number of benzene rings is 1. The molecule has 0 radical (unpaired) electrons.